The van der Waals surface area contributed by atoms with Crippen LogP contribution in [0.1, 0.15) is 20.9 Å². The first-order valence-corrected chi connectivity index (χ1v) is 10.8. The third kappa shape index (κ3) is 4.87. The number of amides is 1. The van der Waals surface area contributed by atoms with Crippen molar-refractivity contribution < 1.29 is 14.3 Å². The number of aromatic nitrogens is 1. The molecule has 3 aromatic rings. The number of methoxy groups -OCH3 is 1. The van der Waals surface area contributed by atoms with E-state index in [9.17, 15) is 4.79 Å². The van der Waals surface area contributed by atoms with Gasteiger partial charge in [-0.3, -0.25) is 9.69 Å². The number of aryl methyl sites for hydroxylation is 1. The Labute approximate surface area is 180 Å². The summed E-state index contributed by atoms with van der Waals surface area (Å²) in [6.45, 7) is 6.26. The summed E-state index contributed by atoms with van der Waals surface area (Å²) in [7, 11) is 1.64. The fourth-order valence-corrected chi connectivity index (χ4v) is 4.34. The molecular formula is C23H25N3O3S. The van der Waals surface area contributed by atoms with Crippen molar-refractivity contribution in [3.05, 3.63) is 64.7 Å². The van der Waals surface area contributed by atoms with Gasteiger partial charge in [-0.2, -0.15) is 0 Å². The van der Waals surface area contributed by atoms with Crippen LogP contribution in [0.15, 0.2) is 48.5 Å². The van der Waals surface area contributed by atoms with Gasteiger partial charge in [0.05, 0.1) is 26.0 Å². The fourth-order valence-electron chi connectivity index (χ4n) is 3.39. The number of nitrogens with one attached hydrogen (secondary N) is 1. The van der Waals surface area contributed by atoms with Gasteiger partial charge in [0.25, 0.3) is 5.91 Å². The number of nitrogens with zero attached hydrogens (tertiary/aromatic N) is 2. The van der Waals surface area contributed by atoms with Crippen LogP contribution in [-0.2, 0) is 11.3 Å². The lowest BCUT2D eigenvalue weighted by Crippen LogP contribution is -2.35. The summed E-state index contributed by atoms with van der Waals surface area (Å²) in [6, 6.07) is 15.7. The summed E-state index contributed by atoms with van der Waals surface area (Å²) in [6.07, 6.45) is 0. The molecule has 0 atom stereocenters. The zero-order valence-corrected chi connectivity index (χ0v) is 18.0. The number of morpholine rings is 1. The van der Waals surface area contributed by atoms with Gasteiger partial charge in [-0.1, -0.05) is 24.3 Å². The first-order chi connectivity index (χ1) is 14.6. The number of rotatable bonds is 6. The maximum Gasteiger partial charge on any atom is 0.267 e. The Bertz CT molecular complexity index is 1010. The normalized spacial score (nSPS) is 14.5. The Morgan fingerprint density at radius 3 is 2.70 bits per heavy atom. The standard InChI is InChI=1S/C23H25N3O3S/c1-16-21(30-23(24-16)18-4-3-5-20(14-18)28-2)22(27)25-19-8-6-17(7-9-19)15-26-10-12-29-13-11-26/h3-9,14H,10-13,15H2,1-2H3,(H,25,27). The van der Waals surface area contributed by atoms with Crippen LogP contribution in [0.4, 0.5) is 5.69 Å². The van der Waals surface area contributed by atoms with Crippen molar-refractivity contribution in [1.82, 2.24) is 9.88 Å². The molecule has 1 aromatic heterocycles. The average Bonchev–Trinajstić information content (AvgIpc) is 3.18. The van der Waals surface area contributed by atoms with Gasteiger partial charge in [-0.05, 0) is 36.8 Å². The van der Waals surface area contributed by atoms with Crippen LogP contribution in [0, 0.1) is 6.92 Å². The molecule has 2 heterocycles. The number of hydrogen-bond donors (Lipinski definition) is 1. The van der Waals surface area contributed by atoms with Crippen LogP contribution in [0.25, 0.3) is 10.6 Å². The smallest absolute Gasteiger partial charge is 0.267 e. The lowest BCUT2D eigenvalue weighted by Gasteiger charge is -2.26. The van der Waals surface area contributed by atoms with E-state index < -0.39 is 0 Å². The van der Waals surface area contributed by atoms with Gasteiger partial charge in [0.2, 0.25) is 0 Å². The topological polar surface area (TPSA) is 63.7 Å². The average molecular weight is 424 g/mol. The van der Waals surface area contributed by atoms with Crippen molar-refractivity contribution in [2.45, 2.75) is 13.5 Å². The Kier molecular flexibility index (Phi) is 6.42. The van der Waals surface area contributed by atoms with Crippen LogP contribution in [0.2, 0.25) is 0 Å². The van der Waals surface area contributed by atoms with Gasteiger partial charge < -0.3 is 14.8 Å². The van der Waals surface area contributed by atoms with E-state index in [0.717, 1.165) is 60.5 Å². The van der Waals surface area contributed by atoms with Gasteiger partial charge in [-0.15, -0.1) is 11.3 Å². The third-order valence-electron chi connectivity index (χ3n) is 5.04. The lowest BCUT2D eigenvalue weighted by atomic mass is 10.2. The highest BCUT2D eigenvalue weighted by molar-refractivity contribution is 7.17. The predicted octanol–water partition coefficient (Wildman–Crippen LogP) is 4.21. The van der Waals surface area contributed by atoms with Gasteiger partial charge in [0.15, 0.2) is 0 Å². The lowest BCUT2D eigenvalue weighted by molar-refractivity contribution is 0.0342. The molecule has 0 bridgehead atoms. The zero-order valence-electron chi connectivity index (χ0n) is 17.2. The van der Waals surface area contributed by atoms with Crippen molar-refractivity contribution in [3.8, 4) is 16.3 Å². The maximum absolute atomic E-state index is 12.8. The molecular weight excluding hydrogens is 398 g/mol. The summed E-state index contributed by atoms with van der Waals surface area (Å²) in [5, 5.41) is 3.79. The minimum atomic E-state index is -0.139. The number of carbonyl (C=O) groups is 1. The minimum absolute atomic E-state index is 0.139. The molecule has 30 heavy (non-hydrogen) atoms. The molecule has 156 valence electrons. The van der Waals surface area contributed by atoms with E-state index in [1.165, 1.54) is 16.9 Å². The molecule has 2 aromatic carbocycles. The second-order valence-electron chi connectivity index (χ2n) is 7.21. The first kappa shape index (κ1) is 20.5. The molecule has 0 aliphatic carbocycles. The molecule has 0 spiro atoms. The largest absolute Gasteiger partial charge is 0.497 e. The predicted molar refractivity (Wildman–Crippen MR) is 119 cm³/mol. The summed E-state index contributed by atoms with van der Waals surface area (Å²) in [5.41, 5.74) is 3.67. The molecule has 6 nitrogen and oxygen atoms in total. The summed E-state index contributed by atoms with van der Waals surface area (Å²) >= 11 is 1.39. The number of ether oxygens (including phenoxy) is 2. The highest BCUT2D eigenvalue weighted by Gasteiger charge is 2.17. The summed E-state index contributed by atoms with van der Waals surface area (Å²) < 4.78 is 10.7. The van der Waals surface area contributed by atoms with Gasteiger partial charge in [-0.25, -0.2) is 4.98 Å². The molecule has 1 aliphatic heterocycles. The van der Waals surface area contributed by atoms with Crippen molar-refractivity contribution in [2.75, 3.05) is 38.7 Å². The number of thiazole rings is 1. The van der Waals surface area contributed by atoms with Crippen molar-refractivity contribution >= 4 is 22.9 Å². The Balaban J connectivity index is 1.43. The van der Waals surface area contributed by atoms with Crippen molar-refractivity contribution in [1.29, 1.82) is 0 Å². The maximum atomic E-state index is 12.8. The third-order valence-corrected chi connectivity index (χ3v) is 6.25. The molecule has 1 amide bonds. The van der Waals surface area contributed by atoms with Gasteiger partial charge in [0.1, 0.15) is 15.6 Å². The first-order valence-electron chi connectivity index (χ1n) is 9.94. The fraction of sp³-hybridized carbons (Fsp3) is 0.304. The number of benzene rings is 2. The molecule has 0 saturated carbocycles. The van der Waals surface area contributed by atoms with Gasteiger partial charge in [0, 0.05) is 30.9 Å². The van der Waals surface area contributed by atoms with Crippen LogP contribution >= 0.6 is 11.3 Å². The summed E-state index contributed by atoms with van der Waals surface area (Å²) in [4.78, 5) is 20.4. The van der Waals surface area contributed by atoms with E-state index in [-0.39, 0.29) is 5.91 Å². The van der Waals surface area contributed by atoms with E-state index in [1.54, 1.807) is 7.11 Å². The number of carbonyl (C=O) groups excluding carboxylic acids is 1. The van der Waals surface area contributed by atoms with Crippen LogP contribution < -0.4 is 10.1 Å². The molecule has 1 saturated heterocycles. The van der Waals surface area contributed by atoms with Crippen LogP contribution in [-0.4, -0.2) is 49.2 Å². The van der Waals surface area contributed by atoms with Crippen LogP contribution in [0.3, 0.4) is 0 Å². The van der Waals surface area contributed by atoms with Crippen molar-refractivity contribution in [2.24, 2.45) is 0 Å². The van der Waals surface area contributed by atoms with E-state index in [2.05, 4.69) is 27.3 Å². The molecule has 1 aliphatic rings. The quantitative estimate of drug-likeness (QED) is 0.643. The number of hydrogen-bond acceptors (Lipinski definition) is 6. The minimum Gasteiger partial charge on any atom is -0.497 e. The van der Waals surface area contributed by atoms with Crippen molar-refractivity contribution in [3.63, 3.8) is 0 Å². The Morgan fingerprint density at radius 2 is 1.97 bits per heavy atom. The highest BCUT2D eigenvalue weighted by atomic mass is 32.1. The van der Waals surface area contributed by atoms with Gasteiger partial charge >= 0.3 is 0 Å². The molecule has 0 unspecified atom stereocenters. The van der Waals surface area contributed by atoms with E-state index in [0.29, 0.717) is 4.88 Å². The van der Waals surface area contributed by atoms with E-state index in [4.69, 9.17) is 9.47 Å². The number of anilines is 1. The highest BCUT2D eigenvalue weighted by Crippen LogP contribution is 2.30. The molecule has 7 heteroatoms. The summed E-state index contributed by atoms with van der Waals surface area (Å²) in [5.74, 6) is 0.628. The zero-order chi connectivity index (χ0) is 20.9. The molecule has 4 rings (SSSR count). The second-order valence-corrected chi connectivity index (χ2v) is 8.20. The monoisotopic (exact) mass is 423 g/mol. The SMILES string of the molecule is COc1cccc(-c2nc(C)c(C(=O)Nc3ccc(CN4CCOCC4)cc3)s2)c1. The Morgan fingerprint density at radius 1 is 1.20 bits per heavy atom. The van der Waals surface area contributed by atoms with E-state index in [1.807, 2.05) is 43.3 Å². The van der Waals surface area contributed by atoms with E-state index >= 15 is 0 Å². The molecule has 1 N–H and O–H groups in total. The molecule has 0 radical (unpaired) electrons. The molecule has 1 fully saturated rings. The second kappa shape index (κ2) is 9.38. The van der Waals surface area contributed by atoms with Crippen LogP contribution in [0.5, 0.6) is 5.75 Å². The Hall–Kier alpha value is -2.74.